The molecule has 1 unspecified atom stereocenters. The van der Waals surface area contributed by atoms with Crippen LogP contribution in [0, 0.1) is 0 Å². The Balaban J connectivity index is 1.90. The van der Waals surface area contributed by atoms with E-state index in [0.717, 1.165) is 12.8 Å². The highest BCUT2D eigenvalue weighted by molar-refractivity contribution is 7.86. The Bertz CT molecular complexity index is 524. The van der Waals surface area contributed by atoms with Gasteiger partial charge >= 0.3 is 6.03 Å². The van der Waals surface area contributed by atoms with E-state index in [9.17, 15) is 18.0 Å². The van der Waals surface area contributed by atoms with Crippen molar-refractivity contribution in [1.29, 1.82) is 0 Å². The molecule has 2 fully saturated rings. The van der Waals surface area contributed by atoms with Crippen molar-refractivity contribution in [2.24, 2.45) is 5.73 Å². The molecule has 3 amide bonds. The molecule has 3 N–H and O–H groups in total. The number of amides is 3. The SMILES string of the molecule is CC(C(=O)NC(N)=O)N1CCN(S(=O)(=O)N2CCCC2)CC1. The van der Waals surface area contributed by atoms with Crippen molar-refractivity contribution in [3.05, 3.63) is 0 Å². The van der Waals surface area contributed by atoms with Crippen molar-refractivity contribution < 1.29 is 18.0 Å². The number of nitrogens with zero attached hydrogens (tertiary/aromatic N) is 3. The number of hydrogen-bond donors (Lipinski definition) is 2. The van der Waals surface area contributed by atoms with Gasteiger partial charge in [-0.2, -0.15) is 17.0 Å². The highest BCUT2D eigenvalue weighted by Crippen LogP contribution is 2.18. The van der Waals surface area contributed by atoms with Gasteiger partial charge in [0.05, 0.1) is 6.04 Å². The summed E-state index contributed by atoms with van der Waals surface area (Å²) in [6.45, 7) is 4.41. The predicted octanol–water partition coefficient (Wildman–Crippen LogP) is -1.47. The summed E-state index contributed by atoms with van der Waals surface area (Å²) >= 11 is 0. The minimum Gasteiger partial charge on any atom is -0.351 e. The van der Waals surface area contributed by atoms with Crippen LogP contribution in [0.3, 0.4) is 0 Å². The number of nitrogens with two attached hydrogens (primary N) is 1. The molecule has 0 aromatic heterocycles. The van der Waals surface area contributed by atoms with Crippen LogP contribution in [0.5, 0.6) is 0 Å². The van der Waals surface area contributed by atoms with Gasteiger partial charge < -0.3 is 5.73 Å². The lowest BCUT2D eigenvalue weighted by Crippen LogP contribution is -2.57. The summed E-state index contributed by atoms with van der Waals surface area (Å²) in [5.74, 6) is -0.469. The fourth-order valence-corrected chi connectivity index (χ4v) is 4.47. The summed E-state index contributed by atoms with van der Waals surface area (Å²) in [5, 5.41) is 2.04. The van der Waals surface area contributed by atoms with E-state index in [1.54, 1.807) is 6.92 Å². The second kappa shape index (κ2) is 6.90. The highest BCUT2D eigenvalue weighted by Gasteiger charge is 2.35. The van der Waals surface area contributed by atoms with Gasteiger partial charge in [-0.25, -0.2) is 4.79 Å². The van der Waals surface area contributed by atoms with Crippen LogP contribution in [-0.4, -0.2) is 79.2 Å². The minimum absolute atomic E-state index is 0.340. The summed E-state index contributed by atoms with van der Waals surface area (Å²) in [4.78, 5) is 24.3. The van der Waals surface area contributed by atoms with Crippen LogP contribution < -0.4 is 11.1 Å². The van der Waals surface area contributed by atoms with Gasteiger partial charge in [0.2, 0.25) is 5.91 Å². The van der Waals surface area contributed by atoms with Gasteiger partial charge in [-0.15, -0.1) is 0 Å². The third-order valence-corrected chi connectivity index (χ3v) is 6.20. The molecule has 2 aliphatic rings. The summed E-state index contributed by atoms with van der Waals surface area (Å²) in [6, 6.07) is -1.41. The molecule has 0 bridgehead atoms. The maximum atomic E-state index is 12.4. The van der Waals surface area contributed by atoms with E-state index in [1.165, 1.54) is 8.61 Å². The first-order valence-electron chi connectivity index (χ1n) is 7.42. The van der Waals surface area contributed by atoms with Crippen molar-refractivity contribution in [3.63, 3.8) is 0 Å². The van der Waals surface area contributed by atoms with Crippen LogP contribution in [0.2, 0.25) is 0 Å². The number of carbonyl (C=O) groups excluding carboxylic acids is 2. The molecule has 0 aliphatic carbocycles. The first-order chi connectivity index (χ1) is 10.3. The van der Waals surface area contributed by atoms with Gasteiger partial charge in [0, 0.05) is 39.3 Å². The largest absolute Gasteiger partial charge is 0.351 e. The fourth-order valence-electron chi connectivity index (χ4n) is 2.80. The normalized spacial score (nSPS) is 23.3. The summed E-state index contributed by atoms with van der Waals surface area (Å²) in [5.41, 5.74) is 4.93. The van der Waals surface area contributed by atoms with Gasteiger partial charge in [0.15, 0.2) is 0 Å². The van der Waals surface area contributed by atoms with E-state index in [4.69, 9.17) is 5.73 Å². The standard InChI is InChI=1S/C12H23N5O4S/c1-10(11(18)14-12(13)19)15-6-8-17(9-7-15)22(20,21)16-4-2-3-5-16/h10H,2-9H2,1H3,(H3,13,14,18,19). The lowest BCUT2D eigenvalue weighted by atomic mass is 10.2. The Morgan fingerprint density at radius 1 is 1.00 bits per heavy atom. The highest BCUT2D eigenvalue weighted by atomic mass is 32.2. The average Bonchev–Trinajstić information content (AvgIpc) is 3.01. The zero-order chi connectivity index (χ0) is 16.3. The van der Waals surface area contributed by atoms with E-state index >= 15 is 0 Å². The lowest BCUT2D eigenvalue weighted by molar-refractivity contribution is -0.125. The maximum Gasteiger partial charge on any atom is 0.318 e. The number of primary amides is 1. The van der Waals surface area contributed by atoms with E-state index in [2.05, 4.69) is 0 Å². The average molecular weight is 333 g/mol. The van der Waals surface area contributed by atoms with Crippen molar-refractivity contribution >= 4 is 22.1 Å². The number of hydrogen-bond acceptors (Lipinski definition) is 5. The number of rotatable bonds is 4. The summed E-state index contributed by atoms with van der Waals surface area (Å²) in [6.07, 6.45) is 1.81. The van der Waals surface area contributed by atoms with Gasteiger partial charge in [0.1, 0.15) is 0 Å². The van der Waals surface area contributed by atoms with E-state index in [0.29, 0.717) is 39.3 Å². The van der Waals surface area contributed by atoms with Crippen molar-refractivity contribution in [3.8, 4) is 0 Å². The Morgan fingerprint density at radius 3 is 2.00 bits per heavy atom. The van der Waals surface area contributed by atoms with Gasteiger partial charge in [0.25, 0.3) is 10.2 Å². The molecule has 9 nitrogen and oxygen atoms in total. The third-order valence-electron chi connectivity index (χ3n) is 4.16. The Labute approximate surface area is 130 Å². The van der Waals surface area contributed by atoms with Gasteiger partial charge in [-0.1, -0.05) is 0 Å². The molecule has 2 rings (SSSR count). The predicted molar refractivity (Wildman–Crippen MR) is 80.1 cm³/mol. The van der Waals surface area contributed by atoms with Crippen molar-refractivity contribution in [1.82, 2.24) is 18.8 Å². The Morgan fingerprint density at radius 2 is 1.50 bits per heavy atom. The molecule has 126 valence electrons. The quantitative estimate of drug-likeness (QED) is 0.651. The third kappa shape index (κ3) is 3.75. The smallest absolute Gasteiger partial charge is 0.318 e. The van der Waals surface area contributed by atoms with Crippen LogP contribution in [0.25, 0.3) is 0 Å². The Kier molecular flexibility index (Phi) is 5.37. The first-order valence-corrected chi connectivity index (χ1v) is 8.81. The molecular formula is C12H23N5O4S. The van der Waals surface area contributed by atoms with Crippen LogP contribution in [0.4, 0.5) is 4.79 Å². The maximum absolute atomic E-state index is 12.4. The molecule has 22 heavy (non-hydrogen) atoms. The fraction of sp³-hybridized carbons (Fsp3) is 0.833. The molecule has 0 saturated carbocycles. The van der Waals surface area contributed by atoms with E-state index < -0.39 is 28.2 Å². The number of piperazine rings is 1. The second-order valence-electron chi connectivity index (χ2n) is 5.58. The molecular weight excluding hydrogens is 310 g/mol. The number of imide groups is 1. The number of carbonyl (C=O) groups is 2. The van der Waals surface area contributed by atoms with Gasteiger partial charge in [-0.3, -0.25) is 15.0 Å². The molecule has 0 radical (unpaired) electrons. The van der Waals surface area contributed by atoms with Crippen LogP contribution in [0.15, 0.2) is 0 Å². The molecule has 0 spiro atoms. The topological polar surface area (TPSA) is 116 Å². The molecule has 10 heteroatoms. The van der Waals surface area contributed by atoms with E-state index in [1.807, 2.05) is 10.2 Å². The van der Waals surface area contributed by atoms with Gasteiger partial charge in [-0.05, 0) is 19.8 Å². The van der Waals surface area contributed by atoms with Crippen LogP contribution in [-0.2, 0) is 15.0 Å². The zero-order valence-corrected chi connectivity index (χ0v) is 13.5. The zero-order valence-electron chi connectivity index (χ0n) is 12.7. The molecule has 0 aromatic rings. The first kappa shape index (κ1) is 17.1. The molecule has 0 aromatic carbocycles. The van der Waals surface area contributed by atoms with Crippen molar-refractivity contribution in [2.75, 3.05) is 39.3 Å². The molecule has 2 aliphatic heterocycles. The second-order valence-corrected chi connectivity index (χ2v) is 7.51. The number of nitrogens with one attached hydrogen (secondary N) is 1. The number of urea groups is 1. The van der Waals surface area contributed by atoms with Crippen molar-refractivity contribution in [2.45, 2.75) is 25.8 Å². The Hall–Kier alpha value is -1.23. The molecule has 2 heterocycles. The van der Waals surface area contributed by atoms with Crippen LogP contribution in [0.1, 0.15) is 19.8 Å². The molecule has 2 saturated heterocycles. The summed E-state index contributed by atoms with van der Waals surface area (Å²) in [7, 11) is -3.38. The van der Waals surface area contributed by atoms with Crippen LogP contribution >= 0.6 is 0 Å². The molecule has 1 atom stereocenters. The summed E-state index contributed by atoms with van der Waals surface area (Å²) < 4.78 is 27.9. The lowest BCUT2D eigenvalue weighted by Gasteiger charge is -2.37. The monoisotopic (exact) mass is 333 g/mol. The van der Waals surface area contributed by atoms with E-state index in [-0.39, 0.29) is 0 Å². The minimum atomic E-state index is -3.38.